The van der Waals surface area contributed by atoms with Crippen LogP contribution in [0.15, 0.2) is 60.7 Å². The van der Waals surface area contributed by atoms with E-state index in [4.69, 9.17) is 14.2 Å². The summed E-state index contributed by atoms with van der Waals surface area (Å²) in [6.45, 7) is 21.2. The molecule has 70 heavy (non-hydrogen) atoms. The number of methoxy groups -OCH3 is 2. The van der Waals surface area contributed by atoms with Gasteiger partial charge in [-0.3, -0.25) is 44.5 Å². The first-order valence-electron chi connectivity index (χ1n) is 25.1. The van der Waals surface area contributed by atoms with Crippen molar-refractivity contribution in [1.82, 2.24) is 31.3 Å². The third kappa shape index (κ3) is 17.5. The van der Waals surface area contributed by atoms with Crippen molar-refractivity contribution in [2.75, 3.05) is 27.8 Å². The van der Waals surface area contributed by atoms with Gasteiger partial charge in [-0.25, -0.2) is 4.79 Å². The number of carbonyl (C=O) groups excluding carboxylic acids is 7. The normalized spacial score (nSPS) is 17.8. The van der Waals surface area contributed by atoms with Crippen LogP contribution in [0.4, 0.5) is 4.79 Å². The third-order valence-electron chi connectivity index (χ3n) is 13.5. The van der Waals surface area contributed by atoms with Gasteiger partial charge in [0, 0.05) is 46.2 Å². The van der Waals surface area contributed by atoms with Crippen molar-refractivity contribution in [3.8, 4) is 0 Å². The summed E-state index contributed by atoms with van der Waals surface area (Å²) in [4.78, 5) is 98.7. The van der Waals surface area contributed by atoms with Gasteiger partial charge in [0.1, 0.15) is 17.7 Å². The first-order chi connectivity index (χ1) is 32.9. The Morgan fingerprint density at radius 1 is 0.771 bits per heavy atom. The highest BCUT2D eigenvalue weighted by Crippen LogP contribution is 2.34. The number of hydrogen-bond acceptors (Lipinski definition) is 10. The zero-order chi connectivity index (χ0) is 52.5. The summed E-state index contributed by atoms with van der Waals surface area (Å²) in [5, 5.41) is 5.87. The van der Waals surface area contributed by atoms with Crippen molar-refractivity contribution < 1.29 is 47.8 Å². The van der Waals surface area contributed by atoms with Gasteiger partial charge >= 0.3 is 6.09 Å². The largest absolute Gasteiger partial charge is 0.444 e. The van der Waals surface area contributed by atoms with Crippen molar-refractivity contribution in [2.45, 2.75) is 163 Å². The molecule has 0 aromatic heterocycles. The standard InChI is InChI=1S/C54H84N6O10/c1-15-36(7)40(29-35(6)30-43(61)46(33(2)3)56-52(66)47(34(4)5)59(12)53(67)70-54(9,10)11)44(68-13)32-45(62)60-28-22-27-42(60)48(69-14)37(8)49(63)55-41(31-38-23-18-16-19-24-38)51(65)58-57-50(64)39-25-20-17-21-26-39/h16-21,23-26,33-37,40-42,44,46-48H,15,22,27-32H2,1-14H3,(H,55,63)(H,56,66)(H,57,64)(H,58,65)/t35?,36-,37+,40?,41-,42-,44+,46-,47-,48+/m0/s1. The van der Waals surface area contributed by atoms with Gasteiger partial charge in [-0.15, -0.1) is 0 Å². The number of hydrogen-bond donors (Lipinski definition) is 4. The number of nitrogens with zero attached hydrogens (tertiary/aromatic N) is 2. The molecule has 1 saturated heterocycles. The van der Waals surface area contributed by atoms with E-state index in [0.29, 0.717) is 31.4 Å². The fraction of sp³-hybridized carbons (Fsp3) is 0.648. The summed E-state index contributed by atoms with van der Waals surface area (Å²) in [6.07, 6.45) is 1.35. The number of likely N-dealkylation sites (N-methyl/N-ethyl adjacent to an activating group) is 1. The average Bonchev–Trinajstić information content (AvgIpc) is 3.80. The van der Waals surface area contributed by atoms with Gasteiger partial charge in [-0.1, -0.05) is 110 Å². The SMILES string of the molecule is CC[C@H](C)C(CC(C)CC(=O)[C@@H](NC(=O)[C@H](C(C)C)N(C)C(=O)OC(C)(C)C)C(C)C)[C@@H](CC(=O)N1CCC[C@H]1[C@H](OC)[C@@H](C)C(=O)N[C@@H](Cc1ccccc1)C(=O)NNC(=O)c1ccccc1)OC. The van der Waals surface area contributed by atoms with Crippen LogP contribution in [-0.2, 0) is 44.6 Å². The summed E-state index contributed by atoms with van der Waals surface area (Å²) in [5.41, 5.74) is 5.32. The van der Waals surface area contributed by atoms with Crippen LogP contribution in [0.2, 0.25) is 0 Å². The van der Waals surface area contributed by atoms with Crippen molar-refractivity contribution in [3.63, 3.8) is 0 Å². The Labute approximate surface area is 417 Å². The first kappa shape index (κ1) is 59.0. The molecule has 0 aliphatic carbocycles. The van der Waals surface area contributed by atoms with Gasteiger partial charge in [0.2, 0.25) is 17.7 Å². The van der Waals surface area contributed by atoms with Crippen LogP contribution in [-0.4, -0.2) is 121 Å². The molecule has 4 N–H and O–H groups in total. The Morgan fingerprint density at radius 3 is 1.93 bits per heavy atom. The molecule has 10 atom stereocenters. The Kier molecular flexibility index (Phi) is 23.5. The first-order valence-corrected chi connectivity index (χ1v) is 25.1. The topological polar surface area (TPSA) is 202 Å². The van der Waals surface area contributed by atoms with Crippen LogP contribution in [0.25, 0.3) is 0 Å². The number of benzene rings is 2. The highest BCUT2D eigenvalue weighted by Gasteiger charge is 2.42. The molecule has 1 aliphatic rings. The molecule has 2 aromatic rings. The minimum absolute atomic E-state index is 0.0835. The van der Waals surface area contributed by atoms with E-state index in [2.05, 4.69) is 35.3 Å². The molecule has 1 aliphatic heterocycles. The molecule has 390 valence electrons. The Hall–Kier alpha value is -5.35. The predicted octanol–water partition coefficient (Wildman–Crippen LogP) is 6.90. The maximum Gasteiger partial charge on any atom is 0.410 e. The highest BCUT2D eigenvalue weighted by atomic mass is 16.6. The third-order valence-corrected chi connectivity index (χ3v) is 13.5. The zero-order valence-corrected chi connectivity index (χ0v) is 44.3. The summed E-state index contributed by atoms with van der Waals surface area (Å²) >= 11 is 0. The van der Waals surface area contributed by atoms with Crippen LogP contribution in [0.1, 0.15) is 131 Å². The predicted molar refractivity (Wildman–Crippen MR) is 270 cm³/mol. The van der Waals surface area contributed by atoms with Crippen LogP contribution in [0, 0.1) is 35.5 Å². The summed E-state index contributed by atoms with van der Waals surface area (Å²) in [7, 11) is 4.65. The number of carbonyl (C=O) groups is 7. The molecule has 2 unspecified atom stereocenters. The second kappa shape index (κ2) is 27.9. The van der Waals surface area contributed by atoms with E-state index in [0.717, 1.165) is 12.0 Å². The lowest BCUT2D eigenvalue weighted by molar-refractivity contribution is -0.143. The Bertz CT molecular complexity index is 2010. The second-order valence-electron chi connectivity index (χ2n) is 20.9. The smallest absolute Gasteiger partial charge is 0.410 e. The number of hydrazine groups is 1. The number of ether oxygens (including phenoxy) is 3. The molecule has 0 spiro atoms. The summed E-state index contributed by atoms with van der Waals surface area (Å²) in [6, 6.07) is 14.6. The van der Waals surface area contributed by atoms with E-state index in [1.165, 1.54) is 19.1 Å². The lowest BCUT2D eigenvalue weighted by atomic mass is 9.77. The van der Waals surface area contributed by atoms with Crippen molar-refractivity contribution in [3.05, 3.63) is 71.8 Å². The number of nitrogens with one attached hydrogen (secondary N) is 4. The minimum Gasteiger partial charge on any atom is -0.444 e. The molecular weight excluding hydrogens is 893 g/mol. The van der Waals surface area contributed by atoms with E-state index in [1.54, 1.807) is 70.0 Å². The molecule has 1 heterocycles. The Balaban J connectivity index is 1.73. The summed E-state index contributed by atoms with van der Waals surface area (Å²) in [5.74, 6) is -3.54. The molecule has 6 amide bonds. The molecule has 0 radical (unpaired) electrons. The molecule has 16 nitrogen and oxygen atoms in total. The van der Waals surface area contributed by atoms with Crippen LogP contribution in [0.3, 0.4) is 0 Å². The quantitative estimate of drug-likeness (QED) is 0.0759. The number of amides is 6. The van der Waals surface area contributed by atoms with Gasteiger partial charge in [-0.05, 0) is 87.3 Å². The average molecular weight is 977 g/mol. The fourth-order valence-electron chi connectivity index (χ4n) is 9.52. The number of ketones is 1. The number of Topliss-reactive ketones (excluding diaryl/α,β-unsaturated/α-hetero) is 1. The Morgan fingerprint density at radius 2 is 1.39 bits per heavy atom. The fourth-order valence-corrected chi connectivity index (χ4v) is 9.52. The molecule has 1 fully saturated rings. The van der Waals surface area contributed by atoms with Crippen molar-refractivity contribution in [1.29, 1.82) is 0 Å². The van der Waals surface area contributed by atoms with Crippen LogP contribution >= 0.6 is 0 Å². The van der Waals surface area contributed by atoms with Gasteiger partial charge in [-0.2, -0.15) is 0 Å². The maximum absolute atomic E-state index is 14.4. The van der Waals surface area contributed by atoms with Crippen molar-refractivity contribution >= 4 is 41.4 Å². The molecule has 3 rings (SSSR count). The molecular formula is C54H84N6O10. The summed E-state index contributed by atoms with van der Waals surface area (Å²) < 4.78 is 17.7. The van der Waals surface area contributed by atoms with Gasteiger partial charge in [0.25, 0.3) is 11.8 Å². The number of likely N-dealkylation sites (tertiary alicyclic amines) is 1. The lowest BCUT2D eigenvalue weighted by Crippen LogP contribution is -2.56. The van der Waals surface area contributed by atoms with E-state index in [9.17, 15) is 33.6 Å². The highest BCUT2D eigenvalue weighted by molar-refractivity contribution is 5.96. The van der Waals surface area contributed by atoms with Crippen LogP contribution in [0.5, 0.6) is 0 Å². The van der Waals surface area contributed by atoms with Gasteiger partial charge in [0.05, 0.1) is 36.6 Å². The molecule has 0 bridgehead atoms. The zero-order valence-electron chi connectivity index (χ0n) is 44.3. The molecule has 2 aromatic carbocycles. The van der Waals surface area contributed by atoms with E-state index in [1.807, 2.05) is 65.0 Å². The molecule has 16 heteroatoms. The maximum atomic E-state index is 14.4. The van der Waals surface area contributed by atoms with Crippen molar-refractivity contribution in [2.24, 2.45) is 35.5 Å². The monoisotopic (exact) mass is 977 g/mol. The van der Waals surface area contributed by atoms with Crippen LogP contribution < -0.4 is 21.5 Å². The second-order valence-corrected chi connectivity index (χ2v) is 20.9. The minimum atomic E-state index is -1.05. The van der Waals surface area contributed by atoms with Gasteiger partial charge in [0.15, 0.2) is 5.78 Å². The van der Waals surface area contributed by atoms with E-state index >= 15 is 0 Å². The molecule has 0 saturated carbocycles. The lowest BCUT2D eigenvalue weighted by Gasteiger charge is -2.37. The number of rotatable bonds is 25. The van der Waals surface area contributed by atoms with Gasteiger partial charge < -0.3 is 29.7 Å². The van der Waals surface area contributed by atoms with E-state index in [-0.39, 0.29) is 60.5 Å². The van der Waals surface area contributed by atoms with E-state index < -0.39 is 77.6 Å².